The van der Waals surface area contributed by atoms with Gasteiger partial charge >= 0.3 is 0 Å². The van der Waals surface area contributed by atoms with Gasteiger partial charge in [0.15, 0.2) is 17.3 Å². The van der Waals surface area contributed by atoms with Crippen LogP contribution in [0.1, 0.15) is 51.0 Å². The molecule has 1 aromatic rings. The van der Waals surface area contributed by atoms with Crippen LogP contribution >= 0.6 is 0 Å². The first kappa shape index (κ1) is 16.1. The first-order valence-corrected chi connectivity index (χ1v) is 8.78. The molecule has 0 heterocycles. The van der Waals surface area contributed by atoms with Gasteiger partial charge in [0.25, 0.3) is 0 Å². The van der Waals surface area contributed by atoms with Crippen molar-refractivity contribution in [1.82, 2.24) is 0 Å². The second kappa shape index (κ2) is 7.20. The van der Waals surface area contributed by atoms with Crippen LogP contribution in [0, 0.1) is 11.8 Å². The molecule has 0 amide bonds. The second-order valence-electron chi connectivity index (χ2n) is 6.57. The Bertz CT molecular complexity index is 597. The van der Waals surface area contributed by atoms with Crippen LogP contribution in [0.3, 0.4) is 0 Å². The SMILES string of the molecule is CCOc1ccc(/C=C2\CC[C@@H](C3CCCC3)C2=O)cc1OC. The lowest BCUT2D eigenvalue weighted by Crippen LogP contribution is -2.16. The van der Waals surface area contributed by atoms with E-state index in [-0.39, 0.29) is 5.92 Å². The van der Waals surface area contributed by atoms with Crippen molar-refractivity contribution < 1.29 is 14.3 Å². The van der Waals surface area contributed by atoms with Crippen molar-refractivity contribution in [3.63, 3.8) is 0 Å². The predicted molar refractivity (Wildman–Crippen MR) is 91.8 cm³/mol. The average Bonchev–Trinajstić information content (AvgIpc) is 3.20. The number of rotatable bonds is 5. The molecule has 124 valence electrons. The van der Waals surface area contributed by atoms with E-state index in [1.54, 1.807) is 7.11 Å². The maximum absolute atomic E-state index is 12.7. The van der Waals surface area contributed by atoms with Gasteiger partial charge in [0, 0.05) is 5.92 Å². The maximum atomic E-state index is 12.7. The van der Waals surface area contributed by atoms with E-state index in [4.69, 9.17) is 9.47 Å². The molecule has 0 N–H and O–H groups in total. The Hall–Kier alpha value is -1.77. The van der Waals surface area contributed by atoms with Crippen molar-refractivity contribution in [1.29, 1.82) is 0 Å². The molecular weight excluding hydrogens is 288 g/mol. The molecule has 1 atom stereocenters. The molecule has 3 rings (SSSR count). The third kappa shape index (κ3) is 3.44. The standard InChI is InChI=1S/C20H26O3/c1-3-23-18-11-8-14(13-19(18)22-2)12-16-9-10-17(20(16)21)15-6-4-5-7-15/h8,11-13,15,17H,3-7,9-10H2,1-2H3/b16-12+/t17-/m0/s1. The van der Waals surface area contributed by atoms with Crippen LogP contribution < -0.4 is 9.47 Å². The number of methoxy groups -OCH3 is 1. The molecule has 2 aliphatic rings. The first-order chi connectivity index (χ1) is 11.2. The fourth-order valence-electron chi connectivity index (χ4n) is 4.01. The fraction of sp³-hybridized carbons (Fsp3) is 0.550. The number of hydrogen-bond acceptors (Lipinski definition) is 3. The number of carbonyl (C=O) groups excluding carboxylic acids is 1. The molecule has 2 fully saturated rings. The highest BCUT2D eigenvalue weighted by molar-refractivity contribution is 6.03. The Kier molecular flexibility index (Phi) is 5.04. The van der Waals surface area contributed by atoms with Crippen molar-refractivity contribution in [2.24, 2.45) is 11.8 Å². The minimum atomic E-state index is 0.272. The number of Topliss-reactive ketones (excluding diaryl/α,β-unsaturated/α-hetero) is 1. The number of ether oxygens (including phenoxy) is 2. The van der Waals surface area contributed by atoms with E-state index in [0.717, 1.165) is 35.5 Å². The van der Waals surface area contributed by atoms with Gasteiger partial charge in [-0.25, -0.2) is 0 Å². The van der Waals surface area contributed by atoms with Crippen LogP contribution in [0.15, 0.2) is 23.8 Å². The van der Waals surface area contributed by atoms with Crippen LogP contribution in [0.2, 0.25) is 0 Å². The summed E-state index contributed by atoms with van der Waals surface area (Å²) in [5.41, 5.74) is 1.99. The number of hydrogen-bond donors (Lipinski definition) is 0. The van der Waals surface area contributed by atoms with Crippen LogP contribution in [-0.2, 0) is 4.79 Å². The van der Waals surface area contributed by atoms with Gasteiger partial charge < -0.3 is 9.47 Å². The lowest BCUT2D eigenvalue weighted by atomic mass is 9.88. The van der Waals surface area contributed by atoms with E-state index >= 15 is 0 Å². The van der Waals surface area contributed by atoms with E-state index in [2.05, 4.69) is 0 Å². The zero-order valence-electron chi connectivity index (χ0n) is 14.1. The monoisotopic (exact) mass is 314 g/mol. The summed E-state index contributed by atoms with van der Waals surface area (Å²) in [4.78, 5) is 12.7. The summed E-state index contributed by atoms with van der Waals surface area (Å²) in [6.07, 6.45) is 9.04. The highest BCUT2D eigenvalue weighted by Crippen LogP contribution is 2.41. The molecule has 1 aromatic carbocycles. The smallest absolute Gasteiger partial charge is 0.162 e. The Morgan fingerprint density at radius 2 is 1.96 bits per heavy atom. The lowest BCUT2D eigenvalue weighted by Gasteiger charge is -2.15. The Morgan fingerprint density at radius 3 is 2.65 bits per heavy atom. The molecule has 3 nitrogen and oxygen atoms in total. The summed E-state index contributed by atoms with van der Waals surface area (Å²) in [7, 11) is 1.64. The van der Waals surface area contributed by atoms with Crippen molar-refractivity contribution in [2.45, 2.75) is 45.4 Å². The van der Waals surface area contributed by atoms with E-state index in [9.17, 15) is 4.79 Å². The van der Waals surface area contributed by atoms with Gasteiger partial charge in [0.1, 0.15) is 0 Å². The van der Waals surface area contributed by atoms with E-state index in [1.807, 2.05) is 31.2 Å². The van der Waals surface area contributed by atoms with E-state index in [1.165, 1.54) is 25.7 Å². The summed E-state index contributed by atoms with van der Waals surface area (Å²) < 4.78 is 10.9. The molecule has 0 spiro atoms. The molecule has 2 aliphatic carbocycles. The summed E-state index contributed by atoms with van der Waals surface area (Å²) >= 11 is 0. The average molecular weight is 314 g/mol. The Labute approximate surface area is 138 Å². The van der Waals surface area contributed by atoms with Crippen molar-refractivity contribution >= 4 is 11.9 Å². The summed E-state index contributed by atoms with van der Waals surface area (Å²) in [5, 5.41) is 0. The minimum Gasteiger partial charge on any atom is -0.493 e. The summed E-state index contributed by atoms with van der Waals surface area (Å²) in [6, 6.07) is 5.87. The highest BCUT2D eigenvalue weighted by Gasteiger charge is 2.36. The first-order valence-electron chi connectivity index (χ1n) is 8.78. The fourth-order valence-corrected chi connectivity index (χ4v) is 4.01. The van der Waals surface area contributed by atoms with Crippen LogP contribution in [-0.4, -0.2) is 19.5 Å². The molecule has 0 bridgehead atoms. The van der Waals surface area contributed by atoms with Gasteiger partial charge in [0.2, 0.25) is 0 Å². The van der Waals surface area contributed by atoms with Crippen LogP contribution in [0.4, 0.5) is 0 Å². The zero-order valence-corrected chi connectivity index (χ0v) is 14.1. The molecule has 0 saturated heterocycles. The Balaban J connectivity index is 1.77. The van der Waals surface area contributed by atoms with Gasteiger partial charge in [-0.15, -0.1) is 0 Å². The van der Waals surface area contributed by atoms with Gasteiger partial charge in [-0.3, -0.25) is 4.79 Å². The predicted octanol–water partition coefficient (Wildman–Crippen LogP) is 4.65. The lowest BCUT2D eigenvalue weighted by molar-refractivity contribution is -0.119. The van der Waals surface area contributed by atoms with Crippen molar-refractivity contribution in [2.75, 3.05) is 13.7 Å². The minimum absolute atomic E-state index is 0.272. The molecular formula is C20H26O3. The Morgan fingerprint density at radius 1 is 1.17 bits per heavy atom. The molecule has 0 unspecified atom stereocenters. The molecule has 0 aromatic heterocycles. The normalized spacial score (nSPS) is 23.7. The quantitative estimate of drug-likeness (QED) is 0.742. The van der Waals surface area contributed by atoms with E-state index < -0.39 is 0 Å². The highest BCUT2D eigenvalue weighted by atomic mass is 16.5. The van der Waals surface area contributed by atoms with Gasteiger partial charge in [-0.05, 0) is 67.9 Å². The molecule has 23 heavy (non-hydrogen) atoms. The van der Waals surface area contributed by atoms with Crippen molar-refractivity contribution in [3.8, 4) is 11.5 Å². The van der Waals surface area contributed by atoms with Crippen molar-refractivity contribution in [3.05, 3.63) is 29.3 Å². The van der Waals surface area contributed by atoms with E-state index in [0.29, 0.717) is 18.3 Å². The maximum Gasteiger partial charge on any atom is 0.162 e. The summed E-state index contributed by atoms with van der Waals surface area (Å²) in [6.45, 7) is 2.56. The number of benzene rings is 1. The molecule has 0 aliphatic heterocycles. The molecule has 2 saturated carbocycles. The third-order valence-corrected chi connectivity index (χ3v) is 5.18. The van der Waals surface area contributed by atoms with Crippen LogP contribution in [0.25, 0.3) is 6.08 Å². The summed E-state index contributed by atoms with van der Waals surface area (Å²) in [5.74, 6) is 2.75. The third-order valence-electron chi connectivity index (χ3n) is 5.18. The van der Waals surface area contributed by atoms with Gasteiger partial charge in [-0.2, -0.15) is 0 Å². The molecule has 0 radical (unpaired) electrons. The van der Waals surface area contributed by atoms with Gasteiger partial charge in [-0.1, -0.05) is 18.9 Å². The second-order valence-corrected chi connectivity index (χ2v) is 6.57. The largest absolute Gasteiger partial charge is 0.493 e. The topological polar surface area (TPSA) is 35.5 Å². The number of allylic oxidation sites excluding steroid dienone is 1. The van der Waals surface area contributed by atoms with Gasteiger partial charge in [0.05, 0.1) is 13.7 Å². The molecule has 3 heteroatoms. The zero-order chi connectivity index (χ0) is 16.2. The number of ketones is 1. The number of carbonyl (C=O) groups is 1. The van der Waals surface area contributed by atoms with Crippen LogP contribution in [0.5, 0.6) is 11.5 Å².